The summed E-state index contributed by atoms with van der Waals surface area (Å²) in [5.74, 6) is -0.398. The van der Waals surface area contributed by atoms with Crippen molar-refractivity contribution in [3.05, 3.63) is 58.3 Å². The number of halogens is 1. The van der Waals surface area contributed by atoms with E-state index in [9.17, 15) is 9.18 Å². The first-order chi connectivity index (χ1) is 12.6. The molecule has 0 spiro atoms. The molecule has 1 unspecified atom stereocenters. The number of ether oxygens (including phenoxy) is 1. The zero-order valence-electron chi connectivity index (χ0n) is 14.6. The Hall–Kier alpha value is -2.18. The van der Waals surface area contributed by atoms with Gasteiger partial charge in [-0.2, -0.15) is 0 Å². The van der Waals surface area contributed by atoms with Crippen molar-refractivity contribution in [1.82, 2.24) is 9.88 Å². The number of carbonyl (C=O) groups excluding carboxylic acids is 1. The monoisotopic (exact) mass is 372 g/mol. The van der Waals surface area contributed by atoms with E-state index in [1.165, 1.54) is 10.9 Å². The predicted molar refractivity (Wildman–Crippen MR) is 101 cm³/mol. The number of hydrogen-bond acceptors (Lipinski definition) is 3. The van der Waals surface area contributed by atoms with E-state index in [-0.39, 0.29) is 17.8 Å². The molecule has 0 radical (unpaired) electrons. The van der Waals surface area contributed by atoms with Crippen LogP contribution in [0.1, 0.15) is 33.8 Å². The van der Waals surface area contributed by atoms with Gasteiger partial charge in [0.2, 0.25) is 0 Å². The van der Waals surface area contributed by atoms with Crippen molar-refractivity contribution in [2.45, 2.75) is 32.4 Å². The van der Waals surface area contributed by atoms with E-state index in [1.807, 2.05) is 23.6 Å². The third kappa shape index (κ3) is 3.39. The minimum atomic E-state index is -0.257. The summed E-state index contributed by atoms with van der Waals surface area (Å²) in [6.07, 6.45) is 2.11. The van der Waals surface area contributed by atoms with Crippen LogP contribution in [0.15, 0.2) is 36.4 Å². The molecule has 0 saturated carbocycles. The molecule has 0 aliphatic carbocycles. The van der Waals surface area contributed by atoms with Crippen LogP contribution in [-0.2, 0) is 11.3 Å². The maximum Gasteiger partial charge on any atom is 0.268 e. The number of nitrogens with one attached hydrogen (secondary N) is 1. The average molecular weight is 372 g/mol. The van der Waals surface area contributed by atoms with Crippen LogP contribution in [0, 0.1) is 12.7 Å². The van der Waals surface area contributed by atoms with E-state index in [4.69, 9.17) is 4.74 Å². The number of benzene rings is 1. The third-order valence-electron chi connectivity index (χ3n) is 4.75. The molecule has 3 aromatic rings. The molecule has 0 bridgehead atoms. The van der Waals surface area contributed by atoms with Gasteiger partial charge in [0.15, 0.2) is 0 Å². The largest absolute Gasteiger partial charge is 0.376 e. The molecule has 1 fully saturated rings. The second-order valence-electron chi connectivity index (χ2n) is 6.66. The Balaban J connectivity index is 1.64. The normalized spacial score (nSPS) is 17.1. The quantitative estimate of drug-likeness (QED) is 0.732. The van der Waals surface area contributed by atoms with Gasteiger partial charge in [-0.25, -0.2) is 4.39 Å². The van der Waals surface area contributed by atoms with E-state index in [0.29, 0.717) is 24.3 Å². The number of hydrogen-bond donors (Lipinski definition) is 1. The van der Waals surface area contributed by atoms with Crippen molar-refractivity contribution < 1.29 is 13.9 Å². The maximum atomic E-state index is 14.1. The van der Waals surface area contributed by atoms with Crippen LogP contribution in [0.3, 0.4) is 0 Å². The third-order valence-corrected chi connectivity index (χ3v) is 5.73. The number of nitrogens with zero attached hydrogens (tertiary/aromatic N) is 1. The molecule has 136 valence electrons. The molecule has 1 aliphatic heterocycles. The molecule has 1 atom stereocenters. The summed E-state index contributed by atoms with van der Waals surface area (Å²) in [5.41, 5.74) is 2.10. The highest BCUT2D eigenvalue weighted by atomic mass is 32.1. The predicted octanol–water partition coefficient (Wildman–Crippen LogP) is 4.11. The first-order valence-electron chi connectivity index (χ1n) is 8.84. The van der Waals surface area contributed by atoms with Crippen LogP contribution in [-0.4, -0.2) is 29.7 Å². The smallest absolute Gasteiger partial charge is 0.268 e. The van der Waals surface area contributed by atoms with Crippen LogP contribution in [0.25, 0.3) is 10.2 Å². The maximum absolute atomic E-state index is 14.1. The lowest BCUT2D eigenvalue weighted by Crippen LogP contribution is -2.33. The highest BCUT2D eigenvalue weighted by Crippen LogP contribution is 2.29. The average Bonchev–Trinajstić information content (AvgIpc) is 3.32. The summed E-state index contributed by atoms with van der Waals surface area (Å²) < 4.78 is 22.7. The van der Waals surface area contributed by atoms with Crippen LogP contribution in [0.2, 0.25) is 0 Å². The topological polar surface area (TPSA) is 43.3 Å². The fraction of sp³-hybridized carbons (Fsp3) is 0.350. The summed E-state index contributed by atoms with van der Waals surface area (Å²) in [7, 11) is 0. The molecule has 1 aliphatic rings. The number of carbonyl (C=O) groups is 1. The Morgan fingerprint density at radius 1 is 1.38 bits per heavy atom. The van der Waals surface area contributed by atoms with Crippen molar-refractivity contribution in [3.63, 3.8) is 0 Å². The lowest BCUT2D eigenvalue weighted by atomic mass is 10.2. The van der Waals surface area contributed by atoms with Gasteiger partial charge in [-0.3, -0.25) is 4.79 Å². The van der Waals surface area contributed by atoms with E-state index < -0.39 is 0 Å². The second kappa shape index (κ2) is 7.21. The van der Waals surface area contributed by atoms with Crippen molar-refractivity contribution in [3.8, 4) is 0 Å². The van der Waals surface area contributed by atoms with Gasteiger partial charge in [-0.1, -0.05) is 18.2 Å². The molecular weight excluding hydrogens is 351 g/mol. The van der Waals surface area contributed by atoms with E-state index in [1.54, 1.807) is 23.5 Å². The highest BCUT2D eigenvalue weighted by Gasteiger charge is 2.21. The molecule has 3 heterocycles. The standard InChI is InChI=1S/C20H21FN2O2S/c1-13-9-17-19(26-13)10-18(20(24)22-11-15-6-4-8-25-15)23(17)12-14-5-2-3-7-16(14)21/h2-3,5,7,9-10,15H,4,6,8,11-12H2,1H3,(H,22,24). The Bertz CT molecular complexity index is 941. The minimum absolute atomic E-state index is 0.0947. The van der Waals surface area contributed by atoms with Gasteiger partial charge >= 0.3 is 0 Å². The zero-order valence-corrected chi connectivity index (χ0v) is 15.4. The van der Waals surface area contributed by atoms with Crippen molar-refractivity contribution in [2.75, 3.05) is 13.2 Å². The molecule has 4 rings (SSSR count). The number of aromatic nitrogens is 1. The second-order valence-corrected chi connectivity index (χ2v) is 7.95. The number of rotatable bonds is 5. The van der Waals surface area contributed by atoms with Crippen molar-refractivity contribution in [2.24, 2.45) is 0 Å². The molecule has 4 nitrogen and oxygen atoms in total. The lowest BCUT2D eigenvalue weighted by Gasteiger charge is -2.13. The first kappa shape index (κ1) is 17.2. The van der Waals surface area contributed by atoms with Gasteiger partial charge in [0, 0.05) is 23.6 Å². The molecule has 1 amide bonds. The number of amides is 1. The van der Waals surface area contributed by atoms with Crippen LogP contribution in [0.5, 0.6) is 0 Å². The SMILES string of the molecule is Cc1cc2c(cc(C(=O)NCC3CCCO3)n2Cc2ccccc2F)s1. The Kier molecular flexibility index (Phi) is 4.78. The fourth-order valence-corrected chi connectivity index (χ4v) is 4.38. The van der Waals surface area contributed by atoms with Gasteiger partial charge in [0.05, 0.1) is 22.9 Å². The Morgan fingerprint density at radius 3 is 3.00 bits per heavy atom. The Labute approximate surface area is 155 Å². The summed E-state index contributed by atoms with van der Waals surface area (Å²) in [6.45, 7) is 3.64. The summed E-state index contributed by atoms with van der Waals surface area (Å²) >= 11 is 1.64. The van der Waals surface area contributed by atoms with E-state index in [2.05, 4.69) is 11.4 Å². The van der Waals surface area contributed by atoms with Crippen LogP contribution in [0.4, 0.5) is 4.39 Å². The fourth-order valence-electron chi connectivity index (χ4n) is 3.42. The highest BCUT2D eigenvalue weighted by molar-refractivity contribution is 7.19. The van der Waals surface area contributed by atoms with Gasteiger partial charge < -0.3 is 14.6 Å². The molecule has 1 N–H and O–H groups in total. The van der Waals surface area contributed by atoms with Crippen molar-refractivity contribution in [1.29, 1.82) is 0 Å². The number of fused-ring (bicyclic) bond motifs is 1. The molecule has 26 heavy (non-hydrogen) atoms. The van der Waals surface area contributed by atoms with Gasteiger partial charge in [0.25, 0.3) is 5.91 Å². The number of thiophene rings is 1. The van der Waals surface area contributed by atoms with Crippen LogP contribution >= 0.6 is 11.3 Å². The zero-order chi connectivity index (χ0) is 18.1. The van der Waals surface area contributed by atoms with Crippen molar-refractivity contribution >= 4 is 27.5 Å². The summed E-state index contributed by atoms with van der Waals surface area (Å²) in [4.78, 5) is 13.9. The van der Waals surface area contributed by atoms with Gasteiger partial charge in [-0.05, 0) is 38.0 Å². The number of aryl methyl sites for hydroxylation is 1. The van der Waals surface area contributed by atoms with Gasteiger partial charge in [0.1, 0.15) is 11.5 Å². The van der Waals surface area contributed by atoms with E-state index >= 15 is 0 Å². The lowest BCUT2D eigenvalue weighted by molar-refractivity contribution is 0.0851. The first-order valence-corrected chi connectivity index (χ1v) is 9.66. The summed E-state index contributed by atoms with van der Waals surface area (Å²) in [6, 6.07) is 10.7. The molecule has 1 aromatic carbocycles. The Morgan fingerprint density at radius 2 is 2.23 bits per heavy atom. The van der Waals surface area contributed by atoms with Crippen LogP contribution < -0.4 is 5.32 Å². The molecular formula is C20H21FN2O2S. The molecule has 1 saturated heterocycles. The molecule has 6 heteroatoms. The minimum Gasteiger partial charge on any atom is -0.376 e. The van der Waals surface area contributed by atoms with E-state index in [0.717, 1.165) is 29.7 Å². The molecule has 2 aromatic heterocycles. The summed E-state index contributed by atoms with van der Waals surface area (Å²) in [5, 5.41) is 2.97. The van der Waals surface area contributed by atoms with Gasteiger partial charge in [-0.15, -0.1) is 11.3 Å².